The highest BCUT2D eigenvalue weighted by molar-refractivity contribution is 14.0. The zero-order valence-electron chi connectivity index (χ0n) is 13.6. The van der Waals surface area contributed by atoms with Crippen LogP contribution in [0, 0.1) is 0 Å². The van der Waals surface area contributed by atoms with Gasteiger partial charge in [0.1, 0.15) is 5.15 Å². The number of aromatic nitrogens is 2. The number of pyridine rings is 1. The van der Waals surface area contributed by atoms with Crippen LogP contribution in [0.15, 0.2) is 29.3 Å². The summed E-state index contributed by atoms with van der Waals surface area (Å²) in [6.45, 7) is 1.08. The molecule has 2 aromatic rings. The fourth-order valence-corrected chi connectivity index (χ4v) is 2.41. The van der Waals surface area contributed by atoms with Crippen LogP contribution in [0.4, 0.5) is 0 Å². The molecule has 0 atom stereocenters. The van der Waals surface area contributed by atoms with E-state index in [-0.39, 0.29) is 24.0 Å². The number of aliphatic imine (C=N–C) groups is 1. The summed E-state index contributed by atoms with van der Waals surface area (Å²) in [7, 11) is 5.16. The maximum absolute atomic E-state index is 6.05. The third-order valence-electron chi connectivity index (χ3n) is 3.30. The Morgan fingerprint density at radius 2 is 2.00 bits per heavy atom. The molecule has 0 aliphatic rings. The molecule has 9 heteroatoms. The molecule has 0 bridgehead atoms. The monoisotopic (exact) mass is 483 g/mol. The molecule has 0 aliphatic heterocycles. The molecule has 0 radical (unpaired) electrons. The molecular formula is C15H20Cl2IN5O. The Hall–Kier alpha value is -1.19. The fraction of sp³-hybridized carbons (Fsp3) is 0.333. The van der Waals surface area contributed by atoms with E-state index < -0.39 is 0 Å². The molecule has 0 saturated heterocycles. The topological polar surface area (TPSA) is 63.5 Å². The lowest BCUT2D eigenvalue weighted by Crippen LogP contribution is -2.36. The minimum absolute atomic E-state index is 0. The van der Waals surface area contributed by atoms with Crippen molar-refractivity contribution in [3.05, 3.63) is 45.8 Å². The first-order chi connectivity index (χ1) is 11.0. The maximum Gasteiger partial charge on any atom is 0.213 e. The van der Waals surface area contributed by atoms with Gasteiger partial charge in [0.05, 0.1) is 30.9 Å². The number of ether oxygens (including phenoxy) is 1. The highest BCUT2D eigenvalue weighted by Gasteiger charge is 2.09. The molecule has 0 aromatic carbocycles. The van der Waals surface area contributed by atoms with Crippen LogP contribution in [-0.4, -0.2) is 29.7 Å². The van der Waals surface area contributed by atoms with Crippen LogP contribution in [0.2, 0.25) is 10.2 Å². The zero-order valence-corrected chi connectivity index (χ0v) is 17.5. The molecule has 24 heavy (non-hydrogen) atoms. The Balaban J connectivity index is 0.00000288. The minimum Gasteiger partial charge on any atom is -0.481 e. The van der Waals surface area contributed by atoms with Gasteiger partial charge in [0.2, 0.25) is 5.88 Å². The second-order valence-electron chi connectivity index (χ2n) is 4.78. The number of hydrogen-bond donors (Lipinski definition) is 2. The molecule has 0 unspecified atom stereocenters. The largest absolute Gasteiger partial charge is 0.481 e. The van der Waals surface area contributed by atoms with Crippen LogP contribution >= 0.6 is 47.2 Å². The number of rotatable bonds is 5. The van der Waals surface area contributed by atoms with Crippen molar-refractivity contribution in [3.8, 4) is 5.88 Å². The third-order valence-corrected chi connectivity index (χ3v) is 4.15. The highest BCUT2D eigenvalue weighted by atomic mass is 127. The SMILES string of the molecule is CN=C(NCc1cccc(OC)n1)NCc1cc(Cl)c(Cl)n1C.I. The van der Waals surface area contributed by atoms with E-state index in [0.717, 1.165) is 11.4 Å². The van der Waals surface area contributed by atoms with Gasteiger partial charge in [-0.15, -0.1) is 24.0 Å². The van der Waals surface area contributed by atoms with Gasteiger partial charge in [0.25, 0.3) is 0 Å². The minimum atomic E-state index is 0. The highest BCUT2D eigenvalue weighted by Crippen LogP contribution is 2.24. The van der Waals surface area contributed by atoms with Crippen LogP contribution in [0.5, 0.6) is 5.88 Å². The van der Waals surface area contributed by atoms with Crippen LogP contribution in [0.3, 0.4) is 0 Å². The first-order valence-corrected chi connectivity index (χ1v) is 7.74. The molecule has 0 saturated carbocycles. The molecule has 2 rings (SSSR count). The lowest BCUT2D eigenvalue weighted by Gasteiger charge is -2.12. The zero-order chi connectivity index (χ0) is 16.8. The van der Waals surface area contributed by atoms with Gasteiger partial charge in [0.15, 0.2) is 5.96 Å². The first-order valence-electron chi connectivity index (χ1n) is 6.99. The maximum atomic E-state index is 6.05. The van der Waals surface area contributed by atoms with E-state index in [0.29, 0.717) is 35.1 Å². The third kappa shape index (κ3) is 5.42. The van der Waals surface area contributed by atoms with Gasteiger partial charge in [-0.1, -0.05) is 29.3 Å². The van der Waals surface area contributed by atoms with Gasteiger partial charge in [0, 0.05) is 25.9 Å². The van der Waals surface area contributed by atoms with Crippen LogP contribution in [-0.2, 0) is 20.1 Å². The summed E-state index contributed by atoms with van der Waals surface area (Å²) in [6, 6.07) is 7.44. The van der Waals surface area contributed by atoms with Crippen molar-refractivity contribution in [1.82, 2.24) is 20.2 Å². The molecular weight excluding hydrogens is 464 g/mol. The summed E-state index contributed by atoms with van der Waals surface area (Å²) in [5.41, 5.74) is 1.82. The van der Waals surface area contributed by atoms with Crippen LogP contribution < -0.4 is 15.4 Å². The van der Waals surface area contributed by atoms with Crippen molar-refractivity contribution < 1.29 is 4.74 Å². The predicted molar refractivity (Wildman–Crippen MR) is 109 cm³/mol. The number of hydrogen-bond acceptors (Lipinski definition) is 3. The molecule has 0 fully saturated rings. The standard InChI is InChI=1S/C15H19Cl2N5O.HI/c1-18-15(19-8-10-5-4-6-13(21-10)23-3)20-9-11-7-12(16)14(17)22(11)2;/h4-7H,8-9H2,1-3H3,(H2,18,19,20);1H. The van der Waals surface area contributed by atoms with Gasteiger partial charge < -0.3 is 19.9 Å². The number of nitrogens with zero attached hydrogens (tertiary/aromatic N) is 3. The molecule has 132 valence electrons. The molecule has 0 aliphatic carbocycles. The number of methoxy groups -OCH3 is 1. The molecule has 0 amide bonds. The lowest BCUT2D eigenvalue weighted by atomic mass is 10.3. The van der Waals surface area contributed by atoms with Crippen LogP contribution in [0.1, 0.15) is 11.4 Å². The fourth-order valence-electron chi connectivity index (χ4n) is 2.00. The summed E-state index contributed by atoms with van der Waals surface area (Å²) in [6.07, 6.45) is 0. The number of halogens is 3. The van der Waals surface area contributed by atoms with E-state index >= 15 is 0 Å². The normalized spacial score (nSPS) is 11.0. The van der Waals surface area contributed by atoms with Crippen molar-refractivity contribution in [2.24, 2.45) is 12.0 Å². The van der Waals surface area contributed by atoms with Gasteiger partial charge in [-0.2, -0.15) is 0 Å². The summed E-state index contributed by atoms with van der Waals surface area (Å²) in [5, 5.41) is 7.46. The summed E-state index contributed by atoms with van der Waals surface area (Å²) >= 11 is 12.1. The smallest absolute Gasteiger partial charge is 0.213 e. The molecule has 2 aromatic heterocycles. The number of nitrogens with one attached hydrogen (secondary N) is 2. The predicted octanol–water partition coefficient (Wildman–Crippen LogP) is 3.22. The second-order valence-corrected chi connectivity index (χ2v) is 5.55. The van der Waals surface area contributed by atoms with Crippen molar-refractivity contribution >= 4 is 53.1 Å². The van der Waals surface area contributed by atoms with E-state index in [1.807, 2.05) is 29.8 Å². The molecule has 2 N–H and O–H groups in total. The Bertz CT molecular complexity index is 705. The Morgan fingerprint density at radius 3 is 2.58 bits per heavy atom. The molecule has 0 spiro atoms. The van der Waals surface area contributed by atoms with E-state index in [1.165, 1.54) is 0 Å². The Kier molecular flexibility index (Phi) is 8.65. The second kappa shape index (κ2) is 9.95. The van der Waals surface area contributed by atoms with E-state index in [4.69, 9.17) is 27.9 Å². The average Bonchev–Trinajstić information content (AvgIpc) is 2.82. The Morgan fingerprint density at radius 1 is 1.29 bits per heavy atom. The molecule has 2 heterocycles. The quantitative estimate of drug-likeness (QED) is 0.389. The van der Waals surface area contributed by atoms with Crippen molar-refractivity contribution in [3.63, 3.8) is 0 Å². The van der Waals surface area contributed by atoms with Crippen molar-refractivity contribution in [1.29, 1.82) is 0 Å². The van der Waals surface area contributed by atoms with Gasteiger partial charge in [-0.05, 0) is 12.1 Å². The van der Waals surface area contributed by atoms with Gasteiger partial charge in [-0.3, -0.25) is 4.99 Å². The lowest BCUT2D eigenvalue weighted by molar-refractivity contribution is 0.396. The van der Waals surface area contributed by atoms with E-state index in [2.05, 4.69) is 20.6 Å². The number of guanidine groups is 1. The summed E-state index contributed by atoms with van der Waals surface area (Å²) in [4.78, 5) is 8.52. The summed E-state index contributed by atoms with van der Waals surface area (Å²) < 4.78 is 6.93. The summed E-state index contributed by atoms with van der Waals surface area (Å²) in [5.74, 6) is 1.24. The van der Waals surface area contributed by atoms with Crippen molar-refractivity contribution in [2.75, 3.05) is 14.2 Å². The van der Waals surface area contributed by atoms with Crippen LogP contribution in [0.25, 0.3) is 0 Å². The Labute approximate surface area is 168 Å². The van der Waals surface area contributed by atoms with Gasteiger partial charge in [-0.25, -0.2) is 4.98 Å². The van der Waals surface area contributed by atoms with Gasteiger partial charge >= 0.3 is 0 Å². The molecule has 6 nitrogen and oxygen atoms in total. The van der Waals surface area contributed by atoms with E-state index in [1.54, 1.807) is 20.2 Å². The average molecular weight is 484 g/mol. The first kappa shape index (κ1) is 20.9. The van der Waals surface area contributed by atoms with Crippen molar-refractivity contribution in [2.45, 2.75) is 13.1 Å². The van der Waals surface area contributed by atoms with E-state index in [9.17, 15) is 0 Å².